The molecule has 1 heterocycles. The third-order valence-corrected chi connectivity index (χ3v) is 5.41. The van der Waals surface area contributed by atoms with Crippen LogP contribution in [-0.2, 0) is 17.6 Å². The minimum Gasteiger partial charge on any atom is -0.484 e. The van der Waals surface area contributed by atoms with E-state index in [-0.39, 0.29) is 12.5 Å². The molecular formula is C22H24N2O2S. The van der Waals surface area contributed by atoms with Crippen LogP contribution in [0.5, 0.6) is 5.75 Å². The van der Waals surface area contributed by atoms with Crippen molar-refractivity contribution >= 4 is 17.2 Å². The number of aryl methyl sites for hydroxylation is 2. The molecular weight excluding hydrogens is 356 g/mol. The first-order valence-corrected chi connectivity index (χ1v) is 9.87. The van der Waals surface area contributed by atoms with Crippen molar-refractivity contribution in [1.82, 2.24) is 10.3 Å². The molecule has 2 aromatic carbocycles. The van der Waals surface area contributed by atoms with Gasteiger partial charge in [0.15, 0.2) is 6.61 Å². The molecule has 0 fully saturated rings. The quantitative estimate of drug-likeness (QED) is 0.640. The summed E-state index contributed by atoms with van der Waals surface area (Å²) in [5, 5.41) is 3.95. The highest BCUT2D eigenvalue weighted by Crippen LogP contribution is 2.21. The third-order valence-electron chi connectivity index (χ3n) is 4.20. The van der Waals surface area contributed by atoms with Crippen LogP contribution in [0.2, 0.25) is 0 Å². The molecule has 0 atom stereocenters. The molecule has 0 saturated heterocycles. The molecule has 27 heavy (non-hydrogen) atoms. The Morgan fingerprint density at radius 1 is 1.07 bits per heavy atom. The zero-order valence-electron chi connectivity index (χ0n) is 15.7. The van der Waals surface area contributed by atoms with Crippen molar-refractivity contribution in [1.29, 1.82) is 0 Å². The molecule has 140 valence electrons. The van der Waals surface area contributed by atoms with E-state index in [4.69, 9.17) is 4.74 Å². The van der Waals surface area contributed by atoms with Crippen LogP contribution in [0.25, 0.3) is 0 Å². The molecule has 0 bridgehead atoms. The van der Waals surface area contributed by atoms with Crippen molar-refractivity contribution in [3.05, 3.63) is 81.3 Å². The van der Waals surface area contributed by atoms with Gasteiger partial charge in [0.05, 0.1) is 10.7 Å². The second kappa shape index (κ2) is 9.33. The Morgan fingerprint density at radius 3 is 2.56 bits per heavy atom. The normalized spacial score (nSPS) is 10.6. The Hall–Kier alpha value is -2.66. The van der Waals surface area contributed by atoms with Crippen LogP contribution in [0.4, 0.5) is 0 Å². The molecule has 0 aliphatic carbocycles. The number of nitrogens with one attached hydrogen (secondary N) is 1. The Kier molecular flexibility index (Phi) is 6.60. The van der Waals surface area contributed by atoms with Gasteiger partial charge in [-0.1, -0.05) is 48.0 Å². The molecule has 0 aliphatic rings. The summed E-state index contributed by atoms with van der Waals surface area (Å²) in [5.74, 6) is 0.588. The van der Waals surface area contributed by atoms with Crippen LogP contribution >= 0.6 is 11.3 Å². The van der Waals surface area contributed by atoms with Crippen LogP contribution < -0.4 is 10.1 Å². The maximum atomic E-state index is 11.9. The van der Waals surface area contributed by atoms with Crippen LogP contribution in [0.15, 0.2) is 54.6 Å². The summed E-state index contributed by atoms with van der Waals surface area (Å²) < 4.78 is 5.49. The van der Waals surface area contributed by atoms with Crippen LogP contribution in [-0.4, -0.2) is 24.0 Å². The maximum absolute atomic E-state index is 11.9. The van der Waals surface area contributed by atoms with E-state index in [1.165, 1.54) is 10.4 Å². The summed E-state index contributed by atoms with van der Waals surface area (Å²) in [6.07, 6.45) is 1.64. The van der Waals surface area contributed by atoms with Gasteiger partial charge in [0, 0.05) is 24.3 Å². The summed E-state index contributed by atoms with van der Waals surface area (Å²) in [5.41, 5.74) is 3.53. The minimum absolute atomic E-state index is 0.0270. The fraction of sp³-hybridized carbons (Fsp3) is 0.273. The summed E-state index contributed by atoms with van der Waals surface area (Å²) in [4.78, 5) is 17.9. The topological polar surface area (TPSA) is 51.2 Å². The van der Waals surface area contributed by atoms with Crippen molar-refractivity contribution in [2.45, 2.75) is 26.7 Å². The van der Waals surface area contributed by atoms with E-state index in [9.17, 15) is 4.79 Å². The van der Waals surface area contributed by atoms with Crippen LogP contribution in [0.3, 0.4) is 0 Å². The zero-order chi connectivity index (χ0) is 19.1. The number of benzene rings is 2. The summed E-state index contributed by atoms with van der Waals surface area (Å²) in [6.45, 7) is 4.65. The predicted octanol–water partition coefficient (Wildman–Crippen LogP) is 4.09. The van der Waals surface area contributed by atoms with E-state index < -0.39 is 0 Å². The number of hydrogen-bond donors (Lipinski definition) is 1. The molecule has 0 radical (unpaired) electrons. The van der Waals surface area contributed by atoms with Gasteiger partial charge in [0.2, 0.25) is 0 Å². The van der Waals surface area contributed by atoms with Gasteiger partial charge in [-0.2, -0.15) is 0 Å². The molecule has 0 aliphatic heterocycles. The molecule has 0 saturated carbocycles. The number of aromatic nitrogens is 1. The van der Waals surface area contributed by atoms with Crippen molar-refractivity contribution in [3.63, 3.8) is 0 Å². The number of hydrogen-bond acceptors (Lipinski definition) is 4. The second-order valence-electron chi connectivity index (χ2n) is 6.48. The highest BCUT2D eigenvalue weighted by atomic mass is 32.1. The van der Waals surface area contributed by atoms with Gasteiger partial charge < -0.3 is 10.1 Å². The number of rotatable bonds is 8. The van der Waals surface area contributed by atoms with E-state index >= 15 is 0 Å². The maximum Gasteiger partial charge on any atom is 0.257 e. The van der Waals surface area contributed by atoms with Crippen LogP contribution in [0, 0.1) is 13.8 Å². The molecule has 0 unspecified atom stereocenters. The fourth-order valence-corrected chi connectivity index (χ4v) is 3.79. The number of carbonyl (C=O) groups is 1. The van der Waals surface area contributed by atoms with Gasteiger partial charge in [0.25, 0.3) is 5.91 Å². The van der Waals surface area contributed by atoms with Gasteiger partial charge in [-0.25, -0.2) is 4.98 Å². The third kappa shape index (κ3) is 5.93. The monoisotopic (exact) mass is 380 g/mol. The lowest BCUT2D eigenvalue weighted by Gasteiger charge is -2.07. The molecule has 5 heteroatoms. The zero-order valence-corrected chi connectivity index (χ0v) is 16.5. The number of ether oxygens (including phenoxy) is 1. The molecule has 4 nitrogen and oxygen atoms in total. The van der Waals surface area contributed by atoms with Gasteiger partial charge >= 0.3 is 0 Å². The molecule has 1 aromatic heterocycles. The summed E-state index contributed by atoms with van der Waals surface area (Å²) in [7, 11) is 0. The van der Waals surface area contributed by atoms with E-state index in [0.717, 1.165) is 29.1 Å². The Balaban J connectivity index is 1.42. The standard InChI is InChI=1S/C22H24N2O2S/c1-16-8-10-19(11-9-16)26-15-21(25)23-13-12-22-24-17(2)20(27-22)14-18-6-4-3-5-7-18/h3-11H,12-15H2,1-2H3,(H,23,25). The molecule has 1 amide bonds. The second-order valence-corrected chi connectivity index (χ2v) is 7.65. The van der Waals surface area contributed by atoms with E-state index in [2.05, 4.69) is 34.6 Å². The molecule has 0 spiro atoms. The smallest absolute Gasteiger partial charge is 0.257 e. The van der Waals surface area contributed by atoms with Crippen molar-refractivity contribution in [3.8, 4) is 5.75 Å². The van der Waals surface area contributed by atoms with Gasteiger partial charge in [-0.05, 0) is 31.5 Å². The van der Waals surface area contributed by atoms with Crippen molar-refractivity contribution in [2.24, 2.45) is 0 Å². The first-order chi connectivity index (χ1) is 13.1. The average molecular weight is 381 g/mol. The number of nitrogens with zero attached hydrogens (tertiary/aromatic N) is 1. The lowest BCUT2D eigenvalue weighted by molar-refractivity contribution is -0.123. The van der Waals surface area contributed by atoms with Gasteiger partial charge in [0.1, 0.15) is 5.75 Å². The average Bonchev–Trinajstić information content (AvgIpc) is 3.01. The first kappa shape index (κ1) is 19.1. The lowest BCUT2D eigenvalue weighted by atomic mass is 10.1. The van der Waals surface area contributed by atoms with Crippen molar-refractivity contribution < 1.29 is 9.53 Å². The first-order valence-electron chi connectivity index (χ1n) is 9.05. The predicted molar refractivity (Wildman–Crippen MR) is 109 cm³/mol. The Labute approximate surface area is 164 Å². The van der Waals surface area contributed by atoms with Crippen molar-refractivity contribution in [2.75, 3.05) is 13.2 Å². The number of thiazole rings is 1. The SMILES string of the molecule is Cc1ccc(OCC(=O)NCCc2nc(C)c(Cc3ccccc3)s2)cc1. The van der Waals surface area contributed by atoms with Crippen LogP contribution in [0.1, 0.15) is 26.7 Å². The molecule has 3 aromatic rings. The lowest BCUT2D eigenvalue weighted by Crippen LogP contribution is -2.30. The van der Waals surface area contributed by atoms with Gasteiger partial charge in [-0.3, -0.25) is 4.79 Å². The van der Waals surface area contributed by atoms with E-state index in [1.807, 2.05) is 44.2 Å². The fourth-order valence-electron chi connectivity index (χ4n) is 2.68. The Morgan fingerprint density at radius 2 is 1.81 bits per heavy atom. The highest BCUT2D eigenvalue weighted by molar-refractivity contribution is 7.11. The summed E-state index contributed by atoms with van der Waals surface area (Å²) in [6, 6.07) is 18.1. The van der Waals surface area contributed by atoms with Gasteiger partial charge in [-0.15, -0.1) is 11.3 Å². The van der Waals surface area contributed by atoms with E-state index in [0.29, 0.717) is 12.3 Å². The highest BCUT2D eigenvalue weighted by Gasteiger charge is 2.09. The molecule has 3 rings (SSSR count). The minimum atomic E-state index is -0.117. The Bertz CT molecular complexity index is 873. The molecule has 1 N–H and O–H groups in total. The number of amides is 1. The largest absolute Gasteiger partial charge is 0.484 e. The number of carbonyl (C=O) groups excluding carboxylic acids is 1. The van der Waals surface area contributed by atoms with E-state index in [1.54, 1.807) is 11.3 Å². The summed E-state index contributed by atoms with van der Waals surface area (Å²) >= 11 is 1.72.